The molecule has 18 heavy (non-hydrogen) atoms. The van der Waals surface area contributed by atoms with Gasteiger partial charge in [-0.2, -0.15) is 0 Å². The van der Waals surface area contributed by atoms with Gasteiger partial charge < -0.3 is 10.4 Å². The quantitative estimate of drug-likeness (QED) is 0.793. The van der Waals surface area contributed by atoms with Gasteiger partial charge in [-0.25, -0.2) is 4.98 Å². The number of carbonyl (C=O) groups is 1. The van der Waals surface area contributed by atoms with Crippen molar-refractivity contribution in [1.29, 1.82) is 0 Å². The molecule has 4 nitrogen and oxygen atoms in total. The van der Waals surface area contributed by atoms with Crippen molar-refractivity contribution in [3.8, 4) is 5.75 Å². The third-order valence-electron chi connectivity index (χ3n) is 2.17. The highest BCUT2D eigenvalue weighted by atomic mass is 127. The van der Waals surface area contributed by atoms with Crippen molar-refractivity contribution in [2.45, 2.75) is 0 Å². The second-order valence-corrected chi connectivity index (χ2v) is 5.16. The summed E-state index contributed by atoms with van der Waals surface area (Å²) < 4.78 is 0.969. The van der Waals surface area contributed by atoms with E-state index in [1.807, 2.05) is 6.07 Å². The number of anilines is 1. The Hall–Kier alpha value is -1.34. The summed E-state index contributed by atoms with van der Waals surface area (Å²) in [6.07, 6.45) is 1.63. The Labute approximate surface area is 122 Å². The number of halogens is 2. The molecule has 0 saturated heterocycles. The Morgan fingerprint density at radius 2 is 2.11 bits per heavy atom. The molecular formula is C12H8ClIN2O2. The monoisotopic (exact) mass is 374 g/mol. The summed E-state index contributed by atoms with van der Waals surface area (Å²) in [6, 6.07) is 7.79. The minimum Gasteiger partial charge on any atom is -0.507 e. The Balaban J connectivity index is 2.21. The predicted molar refractivity (Wildman–Crippen MR) is 78.0 cm³/mol. The number of benzene rings is 1. The van der Waals surface area contributed by atoms with E-state index in [-0.39, 0.29) is 11.3 Å². The maximum Gasteiger partial charge on any atom is 0.260 e. The van der Waals surface area contributed by atoms with Crippen LogP contribution in [-0.2, 0) is 0 Å². The molecule has 0 saturated carbocycles. The first-order valence-electron chi connectivity index (χ1n) is 4.97. The summed E-state index contributed by atoms with van der Waals surface area (Å²) >= 11 is 7.90. The van der Waals surface area contributed by atoms with Crippen LogP contribution >= 0.6 is 34.2 Å². The molecule has 1 aromatic carbocycles. The van der Waals surface area contributed by atoms with Crippen molar-refractivity contribution in [1.82, 2.24) is 4.98 Å². The molecule has 92 valence electrons. The van der Waals surface area contributed by atoms with Gasteiger partial charge in [0.1, 0.15) is 11.6 Å². The van der Waals surface area contributed by atoms with Crippen molar-refractivity contribution < 1.29 is 9.90 Å². The van der Waals surface area contributed by atoms with E-state index in [1.54, 1.807) is 12.3 Å². The number of phenolic OH excluding ortho intramolecular Hbond substituents is 1. The average Bonchev–Trinajstić information content (AvgIpc) is 2.35. The van der Waals surface area contributed by atoms with Gasteiger partial charge in [0, 0.05) is 14.8 Å². The van der Waals surface area contributed by atoms with E-state index in [4.69, 9.17) is 11.6 Å². The fourth-order valence-corrected chi connectivity index (χ4v) is 1.81. The molecule has 0 aliphatic carbocycles. The third-order valence-corrected chi connectivity index (χ3v) is 3.05. The van der Waals surface area contributed by atoms with Crippen LogP contribution in [0.25, 0.3) is 0 Å². The Morgan fingerprint density at radius 3 is 2.78 bits per heavy atom. The lowest BCUT2D eigenvalue weighted by Crippen LogP contribution is -2.13. The highest BCUT2D eigenvalue weighted by Gasteiger charge is 2.12. The van der Waals surface area contributed by atoms with E-state index in [1.165, 1.54) is 18.2 Å². The predicted octanol–water partition coefficient (Wildman–Crippen LogP) is 3.30. The number of hydrogen-bond acceptors (Lipinski definition) is 3. The second kappa shape index (κ2) is 5.53. The first-order valence-corrected chi connectivity index (χ1v) is 6.43. The largest absolute Gasteiger partial charge is 0.507 e. The Morgan fingerprint density at radius 1 is 1.33 bits per heavy atom. The van der Waals surface area contributed by atoms with E-state index in [2.05, 4.69) is 32.9 Å². The van der Waals surface area contributed by atoms with Crippen LogP contribution in [0.2, 0.25) is 5.02 Å². The van der Waals surface area contributed by atoms with E-state index >= 15 is 0 Å². The number of aromatic hydroxyl groups is 1. The summed E-state index contributed by atoms with van der Waals surface area (Å²) in [5.41, 5.74) is 0.114. The first kappa shape index (κ1) is 13.1. The van der Waals surface area contributed by atoms with Crippen LogP contribution in [0.1, 0.15) is 10.4 Å². The first-order chi connectivity index (χ1) is 8.56. The molecule has 0 aliphatic heterocycles. The molecule has 1 heterocycles. The lowest BCUT2D eigenvalue weighted by atomic mass is 10.2. The van der Waals surface area contributed by atoms with E-state index in [9.17, 15) is 9.90 Å². The summed E-state index contributed by atoms with van der Waals surface area (Å²) in [5, 5.41) is 12.6. The number of hydrogen-bond donors (Lipinski definition) is 2. The molecule has 2 rings (SSSR count). The molecule has 0 unspecified atom stereocenters. The fourth-order valence-electron chi connectivity index (χ4n) is 1.32. The van der Waals surface area contributed by atoms with Crippen molar-refractivity contribution in [2.24, 2.45) is 0 Å². The maximum absolute atomic E-state index is 11.9. The second-order valence-electron chi connectivity index (χ2n) is 3.48. The van der Waals surface area contributed by atoms with Gasteiger partial charge in [-0.05, 0) is 52.9 Å². The highest BCUT2D eigenvalue weighted by molar-refractivity contribution is 14.1. The summed E-state index contributed by atoms with van der Waals surface area (Å²) in [4.78, 5) is 15.9. The van der Waals surface area contributed by atoms with Gasteiger partial charge in [0.25, 0.3) is 5.91 Å². The summed E-state index contributed by atoms with van der Waals surface area (Å²) in [5.74, 6) is -0.161. The molecule has 1 aromatic heterocycles. The van der Waals surface area contributed by atoms with Crippen molar-refractivity contribution in [2.75, 3.05) is 5.32 Å². The summed E-state index contributed by atoms with van der Waals surface area (Å²) in [7, 11) is 0. The zero-order valence-corrected chi connectivity index (χ0v) is 11.9. The molecule has 0 spiro atoms. The van der Waals surface area contributed by atoms with Gasteiger partial charge >= 0.3 is 0 Å². The van der Waals surface area contributed by atoms with Crippen LogP contribution in [-0.4, -0.2) is 16.0 Å². The minimum absolute atomic E-state index is 0.114. The number of carbonyl (C=O) groups excluding carboxylic acids is 1. The molecule has 0 radical (unpaired) electrons. The van der Waals surface area contributed by atoms with Crippen molar-refractivity contribution in [3.63, 3.8) is 0 Å². The molecule has 0 fully saturated rings. The molecule has 0 aliphatic rings. The standard InChI is InChI=1S/C12H8ClIN2O2/c13-7-1-3-10(17)9(5-7)12(18)16-11-4-2-8(14)6-15-11/h1-6,17H,(H,15,16,18). The number of rotatable bonds is 2. The number of nitrogens with zero attached hydrogens (tertiary/aromatic N) is 1. The highest BCUT2D eigenvalue weighted by Crippen LogP contribution is 2.22. The van der Waals surface area contributed by atoms with Gasteiger partial charge in [0.2, 0.25) is 0 Å². The summed E-state index contributed by atoms with van der Waals surface area (Å²) in [6.45, 7) is 0. The molecule has 2 aromatic rings. The molecule has 0 bridgehead atoms. The number of phenols is 1. The van der Waals surface area contributed by atoms with Crippen LogP contribution < -0.4 is 5.32 Å². The third kappa shape index (κ3) is 3.11. The minimum atomic E-state index is -0.455. The lowest BCUT2D eigenvalue weighted by molar-refractivity contribution is 0.102. The van der Waals surface area contributed by atoms with Crippen LogP contribution in [0, 0.1) is 3.57 Å². The van der Waals surface area contributed by atoms with Crippen LogP contribution in [0.3, 0.4) is 0 Å². The zero-order valence-electron chi connectivity index (χ0n) is 9.02. The van der Waals surface area contributed by atoms with E-state index < -0.39 is 5.91 Å². The van der Waals surface area contributed by atoms with E-state index in [0.717, 1.165) is 3.57 Å². The van der Waals surface area contributed by atoms with Gasteiger partial charge in [0.15, 0.2) is 0 Å². The van der Waals surface area contributed by atoms with Crippen molar-refractivity contribution >= 4 is 45.9 Å². The Kier molecular flexibility index (Phi) is 4.03. The van der Waals surface area contributed by atoms with Gasteiger partial charge in [-0.3, -0.25) is 4.79 Å². The lowest BCUT2D eigenvalue weighted by Gasteiger charge is -2.06. The van der Waals surface area contributed by atoms with Crippen LogP contribution in [0.4, 0.5) is 5.82 Å². The van der Waals surface area contributed by atoms with Crippen molar-refractivity contribution in [3.05, 3.63) is 50.7 Å². The topological polar surface area (TPSA) is 62.2 Å². The smallest absolute Gasteiger partial charge is 0.260 e. The Bertz CT molecular complexity index is 587. The van der Waals surface area contributed by atoms with Gasteiger partial charge in [0.05, 0.1) is 5.56 Å². The van der Waals surface area contributed by atoms with Gasteiger partial charge in [-0.15, -0.1) is 0 Å². The molecular weight excluding hydrogens is 367 g/mol. The number of nitrogens with one attached hydrogen (secondary N) is 1. The number of amides is 1. The van der Waals surface area contributed by atoms with Crippen LogP contribution in [0.15, 0.2) is 36.5 Å². The van der Waals surface area contributed by atoms with Crippen LogP contribution in [0.5, 0.6) is 5.75 Å². The normalized spacial score (nSPS) is 10.1. The number of pyridine rings is 1. The maximum atomic E-state index is 11.9. The fraction of sp³-hybridized carbons (Fsp3) is 0. The molecule has 6 heteroatoms. The molecule has 2 N–H and O–H groups in total. The average molecular weight is 375 g/mol. The molecule has 0 atom stereocenters. The molecule has 1 amide bonds. The number of aromatic nitrogens is 1. The van der Waals surface area contributed by atoms with Gasteiger partial charge in [-0.1, -0.05) is 11.6 Å². The van der Waals surface area contributed by atoms with E-state index in [0.29, 0.717) is 10.8 Å². The zero-order chi connectivity index (χ0) is 13.1. The SMILES string of the molecule is O=C(Nc1ccc(I)cn1)c1cc(Cl)ccc1O.